The zero-order valence-electron chi connectivity index (χ0n) is 25.9. The molecular formula is C37H42N6O2. The molecule has 1 heterocycles. The van der Waals surface area contributed by atoms with Crippen LogP contribution >= 0.6 is 0 Å². The number of fused-ring (bicyclic) bond motifs is 1. The molecule has 232 valence electrons. The molecule has 8 nitrogen and oxygen atoms in total. The number of rotatable bonds is 15. The fraction of sp³-hybridized carbons (Fsp3) is 0.270. The fourth-order valence-electron chi connectivity index (χ4n) is 5.52. The first-order chi connectivity index (χ1) is 21.9. The zero-order chi connectivity index (χ0) is 31.6. The van der Waals surface area contributed by atoms with E-state index in [4.69, 9.17) is 26.6 Å². The van der Waals surface area contributed by atoms with Crippen molar-refractivity contribution >= 4 is 22.8 Å². The summed E-state index contributed by atoms with van der Waals surface area (Å²) >= 11 is 0. The van der Waals surface area contributed by atoms with Crippen molar-refractivity contribution in [3.63, 3.8) is 0 Å². The number of amidine groups is 1. The zero-order valence-corrected chi connectivity index (χ0v) is 25.9. The molecule has 0 fully saturated rings. The van der Waals surface area contributed by atoms with Gasteiger partial charge < -0.3 is 25.7 Å². The summed E-state index contributed by atoms with van der Waals surface area (Å²) in [5.74, 6) is 0.999. The van der Waals surface area contributed by atoms with Gasteiger partial charge in [-0.05, 0) is 60.2 Å². The van der Waals surface area contributed by atoms with E-state index in [1.807, 2.05) is 109 Å². The Morgan fingerprint density at radius 2 is 1.49 bits per heavy atom. The van der Waals surface area contributed by atoms with Crippen molar-refractivity contribution in [1.82, 2.24) is 14.5 Å². The van der Waals surface area contributed by atoms with Gasteiger partial charge in [0.25, 0.3) is 5.91 Å². The Labute approximate surface area is 265 Å². The van der Waals surface area contributed by atoms with Crippen LogP contribution in [0.1, 0.15) is 57.3 Å². The molecule has 5 rings (SSSR count). The van der Waals surface area contributed by atoms with E-state index in [0.29, 0.717) is 44.0 Å². The lowest BCUT2D eigenvalue weighted by atomic mass is 10.1. The first-order valence-corrected chi connectivity index (χ1v) is 15.6. The lowest BCUT2D eigenvalue weighted by Gasteiger charge is -2.23. The Bertz CT molecular complexity index is 1710. The van der Waals surface area contributed by atoms with Gasteiger partial charge in [0.15, 0.2) is 0 Å². The van der Waals surface area contributed by atoms with Crippen LogP contribution in [-0.2, 0) is 43.8 Å². The van der Waals surface area contributed by atoms with Crippen molar-refractivity contribution in [2.45, 2.75) is 52.4 Å². The smallest absolute Gasteiger partial charge is 0.254 e. The Balaban J connectivity index is 1.42. The Morgan fingerprint density at radius 3 is 2.16 bits per heavy atom. The molecule has 4 aromatic carbocycles. The SMILES string of the molecule is CCOCCCn1c(CCc2ccc(C(=N)N)cc2)nc2cc(C(=O)N(Cc3ccccc3)Cc3ccc(CN)cc3)ccc21. The van der Waals surface area contributed by atoms with Gasteiger partial charge in [0.2, 0.25) is 0 Å². The molecule has 0 radical (unpaired) electrons. The highest BCUT2D eigenvalue weighted by Crippen LogP contribution is 2.23. The third-order valence-corrected chi connectivity index (χ3v) is 7.99. The molecule has 0 aliphatic heterocycles. The Kier molecular flexibility index (Phi) is 10.7. The normalized spacial score (nSPS) is 11.2. The number of hydrogen-bond acceptors (Lipinski definition) is 5. The predicted molar refractivity (Wildman–Crippen MR) is 180 cm³/mol. The molecule has 0 atom stereocenters. The van der Waals surface area contributed by atoms with Crippen LogP contribution in [-0.4, -0.2) is 39.4 Å². The number of ether oxygens (including phenoxy) is 1. The predicted octanol–water partition coefficient (Wildman–Crippen LogP) is 5.83. The second-order valence-corrected chi connectivity index (χ2v) is 11.2. The number of hydrogen-bond donors (Lipinski definition) is 3. The molecule has 0 aliphatic rings. The number of imidazole rings is 1. The lowest BCUT2D eigenvalue weighted by molar-refractivity contribution is 0.0730. The van der Waals surface area contributed by atoms with Crippen molar-refractivity contribution in [2.24, 2.45) is 11.5 Å². The summed E-state index contributed by atoms with van der Waals surface area (Å²) in [4.78, 5) is 21.0. The van der Waals surface area contributed by atoms with E-state index in [1.54, 1.807) is 0 Å². The summed E-state index contributed by atoms with van der Waals surface area (Å²) < 4.78 is 7.87. The van der Waals surface area contributed by atoms with Crippen LogP contribution in [0.5, 0.6) is 0 Å². The van der Waals surface area contributed by atoms with Gasteiger partial charge in [-0.2, -0.15) is 0 Å². The van der Waals surface area contributed by atoms with Gasteiger partial charge in [0.1, 0.15) is 11.7 Å². The molecule has 8 heteroatoms. The van der Waals surface area contributed by atoms with Gasteiger partial charge in [-0.1, -0.05) is 78.9 Å². The molecule has 0 aliphatic carbocycles. The molecule has 1 amide bonds. The molecular weight excluding hydrogens is 560 g/mol. The minimum atomic E-state index is -0.0401. The van der Waals surface area contributed by atoms with Crippen molar-refractivity contribution in [3.8, 4) is 0 Å². The standard InChI is InChI=1S/C37H42N6O2/c1-2-45-22-6-21-43-34-19-18-32(23-33(34)41-35(43)20-15-27-13-16-31(17-14-27)36(39)40)37(44)42(25-29-7-4-3-5-8-29)26-30-11-9-28(24-38)10-12-30/h3-5,7-14,16-19,23H,2,6,15,20-22,24-26,38H2,1H3,(H3,39,40). The maximum absolute atomic E-state index is 14.1. The van der Waals surface area contributed by atoms with E-state index >= 15 is 0 Å². The van der Waals surface area contributed by atoms with Gasteiger partial charge in [-0.25, -0.2) is 4.98 Å². The molecule has 0 bridgehead atoms. The lowest BCUT2D eigenvalue weighted by Crippen LogP contribution is -2.30. The topological polar surface area (TPSA) is 123 Å². The number of carbonyl (C=O) groups is 1. The average Bonchev–Trinajstić information content (AvgIpc) is 3.42. The van der Waals surface area contributed by atoms with Crippen molar-refractivity contribution in [2.75, 3.05) is 13.2 Å². The van der Waals surface area contributed by atoms with E-state index in [0.717, 1.165) is 64.9 Å². The highest BCUT2D eigenvalue weighted by molar-refractivity contribution is 5.97. The monoisotopic (exact) mass is 602 g/mol. The maximum atomic E-state index is 14.1. The fourth-order valence-corrected chi connectivity index (χ4v) is 5.52. The minimum absolute atomic E-state index is 0.0401. The molecule has 5 aromatic rings. The summed E-state index contributed by atoms with van der Waals surface area (Å²) in [6.45, 7) is 5.62. The number of aryl methyl sites for hydroxylation is 3. The number of nitrogen functional groups attached to an aromatic ring is 1. The van der Waals surface area contributed by atoms with Crippen molar-refractivity contribution < 1.29 is 9.53 Å². The molecule has 5 N–H and O–H groups in total. The molecule has 45 heavy (non-hydrogen) atoms. The maximum Gasteiger partial charge on any atom is 0.254 e. The summed E-state index contributed by atoms with van der Waals surface area (Å²) in [7, 11) is 0. The summed E-state index contributed by atoms with van der Waals surface area (Å²) in [6.07, 6.45) is 2.41. The van der Waals surface area contributed by atoms with E-state index in [2.05, 4.69) is 4.57 Å². The van der Waals surface area contributed by atoms with Crippen LogP contribution in [0.25, 0.3) is 11.0 Å². The van der Waals surface area contributed by atoms with Crippen LogP contribution in [0, 0.1) is 5.41 Å². The molecule has 1 aromatic heterocycles. The number of amides is 1. The van der Waals surface area contributed by atoms with Crippen LogP contribution in [0.4, 0.5) is 0 Å². The van der Waals surface area contributed by atoms with Gasteiger partial charge in [0, 0.05) is 56.9 Å². The van der Waals surface area contributed by atoms with Crippen LogP contribution in [0.2, 0.25) is 0 Å². The first kappa shape index (κ1) is 31.6. The largest absolute Gasteiger partial charge is 0.384 e. The van der Waals surface area contributed by atoms with Gasteiger partial charge >= 0.3 is 0 Å². The molecule has 0 spiro atoms. The van der Waals surface area contributed by atoms with Crippen molar-refractivity contribution in [3.05, 3.63) is 136 Å². The number of benzene rings is 4. The van der Waals surface area contributed by atoms with E-state index in [-0.39, 0.29) is 11.7 Å². The quantitative estimate of drug-likeness (QED) is 0.0790. The molecule has 0 saturated carbocycles. The van der Waals surface area contributed by atoms with Crippen LogP contribution in [0.15, 0.2) is 97.1 Å². The highest BCUT2D eigenvalue weighted by atomic mass is 16.5. The van der Waals surface area contributed by atoms with Crippen LogP contribution in [0.3, 0.4) is 0 Å². The average molecular weight is 603 g/mol. The van der Waals surface area contributed by atoms with Crippen molar-refractivity contribution in [1.29, 1.82) is 5.41 Å². The first-order valence-electron chi connectivity index (χ1n) is 15.6. The second kappa shape index (κ2) is 15.3. The second-order valence-electron chi connectivity index (χ2n) is 11.2. The number of nitrogens with zero attached hydrogens (tertiary/aromatic N) is 3. The molecule has 0 saturated heterocycles. The van der Waals surface area contributed by atoms with Crippen LogP contribution < -0.4 is 11.5 Å². The number of nitrogens with one attached hydrogen (secondary N) is 1. The third kappa shape index (κ3) is 8.23. The minimum Gasteiger partial charge on any atom is -0.384 e. The third-order valence-electron chi connectivity index (χ3n) is 7.99. The number of nitrogens with two attached hydrogens (primary N) is 2. The Morgan fingerprint density at radius 1 is 0.844 bits per heavy atom. The van der Waals surface area contributed by atoms with E-state index < -0.39 is 0 Å². The number of aromatic nitrogens is 2. The Hall–Kier alpha value is -4.79. The summed E-state index contributed by atoms with van der Waals surface area (Å²) in [6, 6.07) is 31.9. The molecule has 0 unspecified atom stereocenters. The van der Waals surface area contributed by atoms with Gasteiger partial charge in [-0.3, -0.25) is 10.2 Å². The van der Waals surface area contributed by atoms with Gasteiger partial charge in [-0.15, -0.1) is 0 Å². The van der Waals surface area contributed by atoms with E-state index in [1.165, 1.54) is 0 Å². The van der Waals surface area contributed by atoms with Gasteiger partial charge in [0.05, 0.1) is 11.0 Å². The number of carbonyl (C=O) groups excluding carboxylic acids is 1. The summed E-state index contributed by atoms with van der Waals surface area (Å²) in [5, 5.41) is 7.65. The van der Waals surface area contributed by atoms with E-state index in [9.17, 15) is 4.79 Å². The summed E-state index contributed by atoms with van der Waals surface area (Å²) in [5.41, 5.74) is 18.9. The highest BCUT2D eigenvalue weighted by Gasteiger charge is 2.20.